The number of aryl methyl sites for hydroxylation is 1. The van der Waals surface area contributed by atoms with Crippen LogP contribution in [-0.4, -0.2) is 74.2 Å². The number of nitrogens with zero attached hydrogens (tertiary/aromatic N) is 6. The molecule has 11 nitrogen and oxygen atoms in total. The predicted molar refractivity (Wildman–Crippen MR) is 157 cm³/mol. The minimum Gasteiger partial charge on any atom is -0.482 e. The molecule has 3 aliphatic heterocycles. The van der Waals surface area contributed by atoms with Crippen molar-refractivity contribution < 1.29 is 19.1 Å². The van der Waals surface area contributed by atoms with Crippen molar-refractivity contribution >= 4 is 34.5 Å². The summed E-state index contributed by atoms with van der Waals surface area (Å²) in [5, 5.41) is 0.986. The number of nitrogens with two attached hydrogens (primary N) is 1. The molecule has 0 spiro atoms. The topological polar surface area (TPSA) is 120 Å². The Morgan fingerprint density at radius 2 is 2.00 bits per heavy atom. The summed E-state index contributed by atoms with van der Waals surface area (Å²) in [6, 6.07) is 10.1. The van der Waals surface area contributed by atoms with Crippen LogP contribution in [0.2, 0.25) is 0 Å². The molecule has 3 atom stereocenters. The van der Waals surface area contributed by atoms with Gasteiger partial charge in [0.1, 0.15) is 22.8 Å². The Bertz CT molecular complexity index is 1760. The molecule has 2 N–H and O–H groups in total. The third-order valence-electron chi connectivity index (χ3n) is 9.55. The van der Waals surface area contributed by atoms with Gasteiger partial charge in [0.2, 0.25) is 0 Å². The van der Waals surface area contributed by atoms with Gasteiger partial charge in [0.25, 0.3) is 5.91 Å². The van der Waals surface area contributed by atoms with E-state index in [-0.39, 0.29) is 30.1 Å². The van der Waals surface area contributed by atoms with Gasteiger partial charge in [-0.2, -0.15) is 0 Å². The maximum Gasteiger partial charge on any atom is 0.415 e. The lowest BCUT2D eigenvalue weighted by Crippen LogP contribution is -2.40. The maximum absolute atomic E-state index is 13.7. The van der Waals surface area contributed by atoms with Crippen LogP contribution in [0.15, 0.2) is 30.3 Å². The summed E-state index contributed by atoms with van der Waals surface area (Å²) >= 11 is 0. The quantitative estimate of drug-likeness (QED) is 0.371. The van der Waals surface area contributed by atoms with Crippen LogP contribution in [0, 0.1) is 12.8 Å². The summed E-state index contributed by atoms with van der Waals surface area (Å²) in [4.78, 5) is 39.8. The van der Waals surface area contributed by atoms with Gasteiger partial charge in [-0.1, -0.05) is 0 Å². The van der Waals surface area contributed by atoms with Crippen LogP contribution in [-0.2, 0) is 11.3 Å². The first-order valence-corrected chi connectivity index (χ1v) is 15.0. The van der Waals surface area contributed by atoms with E-state index in [1.807, 2.05) is 40.5 Å². The average molecular weight is 570 g/mol. The Kier molecular flexibility index (Phi) is 5.76. The summed E-state index contributed by atoms with van der Waals surface area (Å²) < 4.78 is 15.3. The lowest BCUT2D eigenvalue weighted by molar-refractivity contribution is 0.0725. The number of cyclic esters (lactones) is 1. The van der Waals surface area contributed by atoms with E-state index in [9.17, 15) is 9.59 Å². The zero-order valence-electron chi connectivity index (χ0n) is 24.0. The van der Waals surface area contributed by atoms with E-state index in [4.69, 9.17) is 25.2 Å². The molecular formula is C31H35N7O4. The SMILES string of the molecule is COc1cc(C(=O)N2[C@H]3CC[C@@H]2[C@H](N)C3)cc2nc(-c3cc4ccc(N5CCCOC5=O)nc4n3CC3CC3)c(C)n12. The highest BCUT2D eigenvalue weighted by molar-refractivity contribution is 5.97. The number of amides is 2. The number of carbonyl (C=O) groups is 2. The number of methoxy groups -OCH3 is 1. The summed E-state index contributed by atoms with van der Waals surface area (Å²) in [6.45, 7) is 3.88. The molecular weight excluding hydrogens is 534 g/mol. The molecule has 1 saturated carbocycles. The van der Waals surface area contributed by atoms with Crippen molar-refractivity contribution in [1.29, 1.82) is 0 Å². The second-order valence-corrected chi connectivity index (χ2v) is 12.2. The van der Waals surface area contributed by atoms with Gasteiger partial charge >= 0.3 is 6.09 Å². The van der Waals surface area contributed by atoms with E-state index < -0.39 is 0 Å². The first-order chi connectivity index (χ1) is 20.4. The largest absolute Gasteiger partial charge is 0.482 e. The predicted octanol–water partition coefficient (Wildman–Crippen LogP) is 4.13. The summed E-state index contributed by atoms with van der Waals surface area (Å²) in [5.74, 6) is 1.75. The fourth-order valence-electron chi connectivity index (χ4n) is 7.26. The van der Waals surface area contributed by atoms with Crippen LogP contribution in [0.4, 0.5) is 10.6 Å². The van der Waals surface area contributed by atoms with E-state index in [1.165, 1.54) is 12.8 Å². The molecule has 3 saturated heterocycles. The van der Waals surface area contributed by atoms with Gasteiger partial charge in [-0.05, 0) is 75.6 Å². The molecule has 4 aliphatic rings. The number of anilines is 1. The Labute approximate surface area is 243 Å². The molecule has 2 bridgehead atoms. The van der Waals surface area contributed by atoms with Gasteiger partial charge in [0.05, 0.1) is 25.1 Å². The zero-order valence-corrected chi connectivity index (χ0v) is 24.0. The van der Waals surface area contributed by atoms with Gasteiger partial charge in [0, 0.05) is 48.2 Å². The minimum absolute atomic E-state index is 0.00531. The highest BCUT2D eigenvalue weighted by Gasteiger charge is 2.47. The third-order valence-corrected chi connectivity index (χ3v) is 9.55. The van der Waals surface area contributed by atoms with E-state index in [1.54, 1.807) is 12.0 Å². The number of aromatic nitrogens is 4. The molecule has 0 radical (unpaired) electrons. The van der Waals surface area contributed by atoms with Crippen LogP contribution < -0.4 is 15.4 Å². The van der Waals surface area contributed by atoms with Crippen LogP contribution in [0.25, 0.3) is 28.1 Å². The van der Waals surface area contributed by atoms with E-state index >= 15 is 0 Å². The zero-order chi connectivity index (χ0) is 28.7. The first-order valence-electron chi connectivity index (χ1n) is 15.0. The van der Waals surface area contributed by atoms with Crippen molar-refractivity contribution in [2.45, 2.75) is 70.1 Å². The van der Waals surface area contributed by atoms with Gasteiger partial charge in [-0.15, -0.1) is 0 Å². The molecule has 4 aromatic heterocycles. The third kappa shape index (κ3) is 3.89. The van der Waals surface area contributed by atoms with Crippen molar-refractivity contribution in [3.8, 4) is 17.3 Å². The Balaban J connectivity index is 1.23. The molecule has 0 aromatic carbocycles. The van der Waals surface area contributed by atoms with Crippen molar-refractivity contribution in [3.05, 3.63) is 41.6 Å². The van der Waals surface area contributed by atoms with Crippen LogP contribution in [0.5, 0.6) is 5.88 Å². The molecule has 8 rings (SSSR count). The normalized spacial score (nSPS) is 23.8. The fraction of sp³-hybridized carbons (Fsp3) is 0.484. The van der Waals surface area contributed by atoms with Gasteiger partial charge in [0.15, 0.2) is 5.88 Å². The summed E-state index contributed by atoms with van der Waals surface area (Å²) in [7, 11) is 1.62. The maximum atomic E-state index is 13.7. The van der Waals surface area contributed by atoms with E-state index in [0.29, 0.717) is 42.0 Å². The molecule has 218 valence electrons. The van der Waals surface area contributed by atoms with Gasteiger partial charge in [-0.3, -0.25) is 14.1 Å². The number of rotatable bonds is 6. The monoisotopic (exact) mass is 569 g/mol. The van der Waals surface area contributed by atoms with Crippen molar-refractivity contribution in [1.82, 2.24) is 23.8 Å². The molecule has 0 unspecified atom stereocenters. The second kappa shape index (κ2) is 9.45. The van der Waals surface area contributed by atoms with Crippen molar-refractivity contribution in [2.24, 2.45) is 11.7 Å². The number of ether oxygens (including phenoxy) is 2. The number of imidazole rings is 1. The van der Waals surface area contributed by atoms with E-state index in [0.717, 1.165) is 60.3 Å². The van der Waals surface area contributed by atoms with Crippen LogP contribution >= 0.6 is 0 Å². The highest BCUT2D eigenvalue weighted by Crippen LogP contribution is 2.40. The molecule has 11 heteroatoms. The lowest BCUT2D eigenvalue weighted by atomic mass is 9.97. The highest BCUT2D eigenvalue weighted by atomic mass is 16.6. The summed E-state index contributed by atoms with van der Waals surface area (Å²) in [5.41, 5.74) is 11.1. The number of carbonyl (C=O) groups excluding carboxylic acids is 2. The number of hydrogen-bond acceptors (Lipinski definition) is 7. The Hall–Kier alpha value is -4.12. The molecule has 4 fully saturated rings. The van der Waals surface area contributed by atoms with Crippen LogP contribution in [0.3, 0.4) is 0 Å². The number of hydrogen-bond donors (Lipinski definition) is 1. The van der Waals surface area contributed by atoms with Crippen LogP contribution in [0.1, 0.15) is 54.6 Å². The standard InChI is InChI=1S/C31H35N7O4/c1-17-28(33-26-13-20(14-27(41-2)37(17)26)30(39)38-21-7-8-23(38)22(32)15-21)24-12-19-6-9-25(35-10-3-11-42-31(35)40)34-29(19)36(24)16-18-4-5-18/h6,9,12-14,18,21-23H,3-5,7-8,10-11,15-16,32H2,1-2H3/t21-,22+,23+/m0/s1. The fourth-order valence-corrected chi connectivity index (χ4v) is 7.26. The second-order valence-electron chi connectivity index (χ2n) is 12.2. The van der Waals surface area contributed by atoms with Gasteiger partial charge in [-0.25, -0.2) is 14.8 Å². The first kappa shape index (κ1) is 25.6. The van der Waals surface area contributed by atoms with Gasteiger partial charge < -0.3 is 24.7 Å². The molecule has 1 aliphatic carbocycles. The van der Waals surface area contributed by atoms with E-state index in [2.05, 4.69) is 10.6 Å². The van der Waals surface area contributed by atoms with Crippen molar-refractivity contribution in [3.63, 3.8) is 0 Å². The Morgan fingerprint density at radius 3 is 2.71 bits per heavy atom. The Morgan fingerprint density at radius 1 is 1.14 bits per heavy atom. The summed E-state index contributed by atoms with van der Waals surface area (Å²) in [6.07, 6.45) is 5.62. The smallest absolute Gasteiger partial charge is 0.415 e. The molecule has 42 heavy (non-hydrogen) atoms. The number of pyridine rings is 2. The molecule has 2 amide bonds. The minimum atomic E-state index is -0.355. The van der Waals surface area contributed by atoms with Crippen molar-refractivity contribution in [2.75, 3.05) is 25.2 Å². The molecule has 4 aromatic rings. The lowest BCUT2D eigenvalue weighted by Gasteiger charge is -2.25. The average Bonchev–Trinajstić information content (AvgIpc) is 3.32. The molecule has 7 heterocycles. The number of fused-ring (bicyclic) bond motifs is 4.